The number of H-pyrrole nitrogens is 1. The van der Waals surface area contributed by atoms with Gasteiger partial charge in [-0.15, -0.1) is 0 Å². The fourth-order valence-corrected chi connectivity index (χ4v) is 5.11. The van der Waals surface area contributed by atoms with E-state index in [0.717, 1.165) is 41.4 Å². The molecule has 3 aromatic rings. The standard InChI is InChI=1S/C23H28N2O4S/c1-4-30(27,28)18-9-10-22(29-17-7-5-15(2)6-8-17)21(14-18)20-13-16(3)25(26)23-19(20)11-12-24-23/h9-15,17,24H,4-8H2,1-3H3/t15-,17-. The number of rotatable bonds is 5. The molecule has 0 unspecified atom stereocenters. The van der Waals surface area contributed by atoms with Crippen molar-refractivity contribution in [3.63, 3.8) is 0 Å². The summed E-state index contributed by atoms with van der Waals surface area (Å²) >= 11 is 0. The Labute approximate surface area is 177 Å². The minimum Gasteiger partial charge on any atom is -0.710 e. The van der Waals surface area contributed by atoms with E-state index in [1.165, 1.54) is 0 Å². The second kappa shape index (κ2) is 7.95. The van der Waals surface area contributed by atoms with Gasteiger partial charge in [0, 0.05) is 11.1 Å². The third-order valence-electron chi connectivity index (χ3n) is 6.13. The smallest absolute Gasteiger partial charge is 0.290 e. The molecule has 1 saturated carbocycles. The molecule has 4 rings (SSSR count). The van der Waals surface area contributed by atoms with Gasteiger partial charge >= 0.3 is 0 Å². The molecule has 0 spiro atoms. The third kappa shape index (κ3) is 3.78. The van der Waals surface area contributed by atoms with E-state index in [0.29, 0.717) is 28.6 Å². The van der Waals surface area contributed by atoms with Gasteiger partial charge in [0.05, 0.1) is 28.3 Å². The Morgan fingerprint density at radius 3 is 2.57 bits per heavy atom. The van der Waals surface area contributed by atoms with Crippen LogP contribution in [-0.4, -0.2) is 25.3 Å². The van der Waals surface area contributed by atoms with Gasteiger partial charge in [0.1, 0.15) is 11.4 Å². The van der Waals surface area contributed by atoms with E-state index in [-0.39, 0.29) is 16.8 Å². The maximum atomic E-state index is 12.6. The highest BCUT2D eigenvalue weighted by atomic mass is 32.2. The third-order valence-corrected chi connectivity index (χ3v) is 7.86. The quantitative estimate of drug-likeness (QED) is 0.478. The summed E-state index contributed by atoms with van der Waals surface area (Å²) in [4.78, 5) is 3.26. The fraction of sp³-hybridized carbons (Fsp3) is 0.435. The van der Waals surface area contributed by atoms with Crippen molar-refractivity contribution in [3.8, 4) is 16.9 Å². The van der Waals surface area contributed by atoms with Gasteiger partial charge in [-0.2, -0.15) is 0 Å². The molecule has 0 aliphatic heterocycles. The number of hydrogen-bond acceptors (Lipinski definition) is 4. The average molecular weight is 429 g/mol. The fourth-order valence-electron chi connectivity index (χ4n) is 4.20. The summed E-state index contributed by atoms with van der Waals surface area (Å²) in [5.74, 6) is 1.40. The predicted octanol–water partition coefficient (Wildman–Crippen LogP) is 4.53. The molecule has 1 aromatic carbocycles. The van der Waals surface area contributed by atoms with Crippen molar-refractivity contribution in [1.82, 2.24) is 4.98 Å². The van der Waals surface area contributed by atoms with Crippen LogP contribution in [0.2, 0.25) is 0 Å². The van der Waals surface area contributed by atoms with Gasteiger partial charge in [0.25, 0.3) is 5.65 Å². The number of sulfone groups is 1. The number of aryl methyl sites for hydroxylation is 1. The van der Waals surface area contributed by atoms with E-state index >= 15 is 0 Å². The molecule has 1 aliphatic carbocycles. The van der Waals surface area contributed by atoms with Crippen LogP contribution in [0.1, 0.15) is 45.2 Å². The molecule has 1 aliphatic rings. The first-order chi connectivity index (χ1) is 14.3. The monoisotopic (exact) mass is 428 g/mol. The average Bonchev–Trinajstić information content (AvgIpc) is 3.23. The van der Waals surface area contributed by atoms with Crippen molar-refractivity contribution < 1.29 is 17.9 Å². The molecule has 0 atom stereocenters. The van der Waals surface area contributed by atoms with Gasteiger partial charge in [0.2, 0.25) is 0 Å². The normalized spacial score (nSPS) is 19.8. The summed E-state index contributed by atoms with van der Waals surface area (Å²) in [6, 6.07) is 8.72. The highest BCUT2D eigenvalue weighted by Crippen LogP contribution is 2.38. The van der Waals surface area contributed by atoms with E-state index in [1.54, 1.807) is 44.3 Å². The van der Waals surface area contributed by atoms with Crippen molar-refractivity contribution in [3.05, 3.63) is 47.4 Å². The number of pyridine rings is 1. The maximum absolute atomic E-state index is 12.6. The Morgan fingerprint density at radius 1 is 1.13 bits per heavy atom. The van der Waals surface area contributed by atoms with Gasteiger partial charge in [-0.3, -0.25) is 0 Å². The van der Waals surface area contributed by atoms with Crippen LogP contribution in [0.4, 0.5) is 0 Å². The number of nitrogens with one attached hydrogen (secondary N) is 1. The lowest BCUT2D eigenvalue weighted by molar-refractivity contribution is -0.586. The highest BCUT2D eigenvalue weighted by Gasteiger charge is 2.24. The summed E-state index contributed by atoms with van der Waals surface area (Å²) in [6.45, 7) is 5.64. The Morgan fingerprint density at radius 2 is 1.87 bits per heavy atom. The van der Waals surface area contributed by atoms with E-state index in [1.807, 2.05) is 6.07 Å². The van der Waals surface area contributed by atoms with Gasteiger partial charge in [-0.1, -0.05) is 13.8 Å². The molecule has 1 N–H and O–H groups in total. The molecule has 1 fully saturated rings. The first-order valence-electron chi connectivity index (χ1n) is 10.5. The molecule has 0 amide bonds. The molecule has 0 saturated heterocycles. The molecular formula is C23H28N2O4S. The maximum Gasteiger partial charge on any atom is 0.290 e. The number of hydrogen-bond donors (Lipinski definition) is 1. The SMILES string of the molecule is CCS(=O)(=O)c1ccc(O[C@H]2CC[C@H](C)CC2)c(-c2cc(C)[n+]([O-])c3[nH]ccc23)c1. The zero-order valence-corrected chi connectivity index (χ0v) is 18.5. The number of ether oxygens (including phenoxy) is 1. The molecule has 0 bridgehead atoms. The Hall–Kier alpha value is -2.54. The van der Waals surface area contributed by atoms with Gasteiger partial charge < -0.3 is 9.94 Å². The number of fused-ring (bicyclic) bond motifs is 1. The molecule has 160 valence electrons. The number of aromatic amines is 1. The Kier molecular flexibility index (Phi) is 5.49. The van der Waals surface area contributed by atoms with Crippen LogP contribution in [0.15, 0.2) is 41.4 Å². The first kappa shape index (κ1) is 20.7. The van der Waals surface area contributed by atoms with Crippen molar-refractivity contribution >= 4 is 20.9 Å². The lowest BCUT2D eigenvalue weighted by atomic mass is 9.89. The number of benzene rings is 1. The minimum absolute atomic E-state index is 0.0289. The van der Waals surface area contributed by atoms with Crippen LogP contribution in [0, 0.1) is 18.0 Å². The van der Waals surface area contributed by atoms with E-state index in [9.17, 15) is 13.6 Å². The Balaban J connectivity index is 1.87. The van der Waals surface area contributed by atoms with E-state index < -0.39 is 9.84 Å². The molecule has 6 nitrogen and oxygen atoms in total. The zero-order valence-electron chi connectivity index (χ0n) is 17.6. The Bertz CT molecular complexity index is 1180. The summed E-state index contributed by atoms with van der Waals surface area (Å²) in [7, 11) is -3.37. The summed E-state index contributed by atoms with van der Waals surface area (Å²) in [5, 5.41) is 13.2. The van der Waals surface area contributed by atoms with Crippen LogP contribution in [0.25, 0.3) is 22.2 Å². The molecule has 0 radical (unpaired) electrons. The van der Waals surface area contributed by atoms with Crippen molar-refractivity contribution in [1.29, 1.82) is 0 Å². The summed E-state index contributed by atoms with van der Waals surface area (Å²) in [5.41, 5.74) is 2.48. The second-order valence-corrected chi connectivity index (χ2v) is 10.6. The van der Waals surface area contributed by atoms with Crippen molar-refractivity contribution in [2.45, 2.75) is 57.5 Å². The van der Waals surface area contributed by atoms with Gasteiger partial charge in [-0.25, -0.2) is 18.1 Å². The van der Waals surface area contributed by atoms with E-state index in [2.05, 4.69) is 11.9 Å². The minimum atomic E-state index is -3.37. The number of aromatic nitrogens is 2. The molecule has 30 heavy (non-hydrogen) atoms. The molecule has 2 heterocycles. The molecular weight excluding hydrogens is 400 g/mol. The summed E-state index contributed by atoms with van der Waals surface area (Å²) in [6.07, 6.45) is 6.07. The topological polar surface area (TPSA) is 86.1 Å². The van der Waals surface area contributed by atoms with Crippen molar-refractivity contribution in [2.24, 2.45) is 5.92 Å². The van der Waals surface area contributed by atoms with Crippen LogP contribution >= 0.6 is 0 Å². The van der Waals surface area contributed by atoms with Crippen LogP contribution in [0.5, 0.6) is 5.75 Å². The predicted molar refractivity (Wildman–Crippen MR) is 117 cm³/mol. The van der Waals surface area contributed by atoms with Crippen LogP contribution < -0.4 is 9.47 Å². The largest absolute Gasteiger partial charge is 0.710 e. The summed E-state index contributed by atoms with van der Waals surface area (Å²) < 4.78 is 32.4. The van der Waals surface area contributed by atoms with Gasteiger partial charge in [-0.05, 0) is 68.9 Å². The van der Waals surface area contributed by atoms with Gasteiger partial charge in [0.15, 0.2) is 9.84 Å². The first-order valence-corrected chi connectivity index (χ1v) is 12.2. The molecule has 2 aromatic heterocycles. The molecule has 7 heteroatoms. The number of nitrogens with zero attached hydrogens (tertiary/aromatic N) is 1. The lowest BCUT2D eigenvalue weighted by Crippen LogP contribution is -2.31. The lowest BCUT2D eigenvalue weighted by Gasteiger charge is -2.28. The van der Waals surface area contributed by atoms with Crippen LogP contribution in [0.3, 0.4) is 0 Å². The second-order valence-electron chi connectivity index (χ2n) is 8.29. The van der Waals surface area contributed by atoms with Crippen molar-refractivity contribution in [2.75, 3.05) is 5.75 Å². The van der Waals surface area contributed by atoms with E-state index in [4.69, 9.17) is 4.74 Å². The highest BCUT2D eigenvalue weighted by molar-refractivity contribution is 7.91. The van der Waals surface area contributed by atoms with Crippen LogP contribution in [-0.2, 0) is 9.84 Å². The zero-order chi connectivity index (χ0) is 21.5.